The SMILES string of the molecule is NS(=O)(=O)CCSc1ncncc1Cl. The molecule has 0 aliphatic heterocycles. The van der Waals surface area contributed by atoms with E-state index >= 15 is 0 Å². The molecule has 1 aromatic rings. The number of nitrogens with zero attached hydrogens (tertiary/aromatic N) is 2. The van der Waals surface area contributed by atoms with Crippen LogP contribution in [0.1, 0.15) is 0 Å². The predicted octanol–water partition coefficient (Wildman–Crippen LogP) is 0.511. The Kier molecular flexibility index (Phi) is 4.11. The van der Waals surface area contributed by atoms with Crippen LogP contribution in [0.4, 0.5) is 0 Å². The number of halogens is 1. The van der Waals surface area contributed by atoms with Crippen molar-refractivity contribution >= 4 is 33.4 Å². The second kappa shape index (κ2) is 4.92. The first-order valence-corrected chi connectivity index (χ1v) is 6.66. The molecule has 0 atom stereocenters. The number of rotatable bonds is 4. The summed E-state index contributed by atoms with van der Waals surface area (Å²) >= 11 is 6.98. The van der Waals surface area contributed by atoms with Gasteiger partial charge in [-0.2, -0.15) is 0 Å². The summed E-state index contributed by atoms with van der Waals surface area (Å²) in [6.07, 6.45) is 2.80. The van der Waals surface area contributed by atoms with E-state index in [9.17, 15) is 8.42 Å². The predicted molar refractivity (Wildman–Crippen MR) is 55.7 cm³/mol. The van der Waals surface area contributed by atoms with Gasteiger partial charge in [0.2, 0.25) is 10.0 Å². The van der Waals surface area contributed by atoms with Gasteiger partial charge in [-0.25, -0.2) is 23.5 Å². The molecule has 1 heterocycles. The molecule has 0 amide bonds. The van der Waals surface area contributed by atoms with Crippen LogP contribution in [0.25, 0.3) is 0 Å². The average Bonchev–Trinajstić information content (AvgIpc) is 2.06. The van der Waals surface area contributed by atoms with Crippen LogP contribution in [0, 0.1) is 0 Å². The summed E-state index contributed by atoms with van der Waals surface area (Å²) in [4.78, 5) is 7.58. The molecule has 0 radical (unpaired) electrons. The lowest BCUT2D eigenvalue weighted by Crippen LogP contribution is -2.17. The van der Waals surface area contributed by atoms with E-state index < -0.39 is 10.0 Å². The number of thioether (sulfide) groups is 1. The molecule has 0 aliphatic carbocycles. The van der Waals surface area contributed by atoms with Gasteiger partial charge in [-0.05, 0) is 0 Å². The number of hydrogen-bond donors (Lipinski definition) is 1. The average molecular weight is 254 g/mol. The van der Waals surface area contributed by atoms with Gasteiger partial charge >= 0.3 is 0 Å². The molecule has 2 N–H and O–H groups in total. The monoisotopic (exact) mass is 253 g/mol. The Labute approximate surface area is 91.1 Å². The minimum atomic E-state index is -3.41. The summed E-state index contributed by atoms with van der Waals surface area (Å²) in [5.41, 5.74) is 0. The van der Waals surface area contributed by atoms with Crippen molar-refractivity contribution in [3.63, 3.8) is 0 Å². The van der Waals surface area contributed by atoms with Crippen LogP contribution in [0.3, 0.4) is 0 Å². The lowest BCUT2D eigenvalue weighted by Gasteiger charge is -2.00. The third-order valence-electron chi connectivity index (χ3n) is 1.24. The first-order chi connectivity index (χ1) is 6.49. The third-order valence-corrected chi connectivity index (χ3v) is 3.67. The standard InChI is InChI=1S/C6H8ClN3O2S2/c7-5-3-9-4-10-6(5)13-1-2-14(8,11)12/h3-4H,1-2H2,(H2,8,11,12). The Morgan fingerprint density at radius 1 is 1.57 bits per heavy atom. The van der Waals surface area contributed by atoms with Crippen LogP contribution in [-0.4, -0.2) is 29.9 Å². The molecule has 1 aromatic heterocycles. The van der Waals surface area contributed by atoms with E-state index in [2.05, 4.69) is 9.97 Å². The quantitative estimate of drug-likeness (QED) is 0.624. The van der Waals surface area contributed by atoms with Gasteiger partial charge in [0.05, 0.1) is 17.0 Å². The van der Waals surface area contributed by atoms with Gasteiger partial charge in [0.15, 0.2) is 0 Å². The van der Waals surface area contributed by atoms with Crippen molar-refractivity contribution in [2.75, 3.05) is 11.5 Å². The summed E-state index contributed by atoms with van der Waals surface area (Å²) in [5.74, 6) is 0.230. The van der Waals surface area contributed by atoms with Crippen LogP contribution in [0.5, 0.6) is 0 Å². The fourth-order valence-corrected chi connectivity index (χ4v) is 2.70. The van der Waals surface area contributed by atoms with E-state index in [1.165, 1.54) is 24.3 Å². The molecule has 0 unspecified atom stereocenters. The molecule has 8 heteroatoms. The minimum absolute atomic E-state index is 0.0992. The van der Waals surface area contributed by atoms with E-state index in [1.54, 1.807) is 0 Å². The fourth-order valence-electron chi connectivity index (χ4n) is 0.662. The van der Waals surface area contributed by atoms with Gasteiger partial charge in [-0.1, -0.05) is 11.6 Å². The fraction of sp³-hybridized carbons (Fsp3) is 0.333. The minimum Gasteiger partial charge on any atom is -0.243 e. The zero-order valence-corrected chi connectivity index (χ0v) is 9.44. The van der Waals surface area contributed by atoms with Crippen molar-refractivity contribution in [1.82, 2.24) is 9.97 Å². The van der Waals surface area contributed by atoms with Gasteiger partial charge in [-0.15, -0.1) is 11.8 Å². The Balaban J connectivity index is 2.51. The van der Waals surface area contributed by atoms with Crippen molar-refractivity contribution in [1.29, 1.82) is 0 Å². The summed E-state index contributed by atoms with van der Waals surface area (Å²) in [6.45, 7) is 0. The number of hydrogen-bond acceptors (Lipinski definition) is 5. The highest BCUT2D eigenvalue weighted by molar-refractivity contribution is 8.00. The Morgan fingerprint density at radius 3 is 2.86 bits per heavy atom. The molecule has 0 bridgehead atoms. The van der Waals surface area contributed by atoms with Crippen LogP contribution in [-0.2, 0) is 10.0 Å². The maximum atomic E-state index is 10.6. The normalized spacial score (nSPS) is 11.6. The maximum absolute atomic E-state index is 10.6. The van der Waals surface area contributed by atoms with Crippen molar-refractivity contribution in [3.8, 4) is 0 Å². The molecule has 78 valence electrons. The van der Waals surface area contributed by atoms with E-state index in [1.807, 2.05) is 0 Å². The lowest BCUT2D eigenvalue weighted by atomic mass is 10.7. The first-order valence-electron chi connectivity index (χ1n) is 3.58. The number of primary sulfonamides is 1. The highest BCUT2D eigenvalue weighted by Crippen LogP contribution is 2.22. The van der Waals surface area contributed by atoms with Crippen LogP contribution >= 0.6 is 23.4 Å². The summed E-state index contributed by atoms with van der Waals surface area (Å²) in [5, 5.41) is 5.80. The summed E-state index contributed by atoms with van der Waals surface area (Å²) in [6, 6.07) is 0. The van der Waals surface area contributed by atoms with Crippen molar-refractivity contribution in [2.45, 2.75) is 5.03 Å². The largest absolute Gasteiger partial charge is 0.243 e. The van der Waals surface area contributed by atoms with E-state index in [0.717, 1.165) is 0 Å². The molecule has 0 aliphatic rings. The highest BCUT2D eigenvalue weighted by Gasteiger charge is 2.06. The molecular formula is C6H8ClN3O2S2. The molecular weight excluding hydrogens is 246 g/mol. The van der Waals surface area contributed by atoms with Gasteiger partial charge < -0.3 is 0 Å². The summed E-state index contributed by atoms with van der Waals surface area (Å²) < 4.78 is 21.2. The lowest BCUT2D eigenvalue weighted by molar-refractivity contribution is 0.599. The van der Waals surface area contributed by atoms with Gasteiger partial charge in [0.1, 0.15) is 11.4 Å². The van der Waals surface area contributed by atoms with Gasteiger partial charge in [0, 0.05) is 5.75 Å². The van der Waals surface area contributed by atoms with Crippen molar-refractivity contribution in [2.24, 2.45) is 5.14 Å². The number of nitrogens with two attached hydrogens (primary N) is 1. The molecule has 0 saturated carbocycles. The molecule has 5 nitrogen and oxygen atoms in total. The van der Waals surface area contributed by atoms with Crippen LogP contribution in [0.2, 0.25) is 5.02 Å². The van der Waals surface area contributed by atoms with E-state index in [4.69, 9.17) is 16.7 Å². The molecule has 0 saturated heterocycles. The Hall–Kier alpha value is -0.370. The molecule has 1 rings (SSSR count). The third kappa shape index (κ3) is 4.23. The number of aromatic nitrogens is 2. The smallest absolute Gasteiger partial charge is 0.209 e. The topological polar surface area (TPSA) is 85.9 Å². The molecule has 0 spiro atoms. The Morgan fingerprint density at radius 2 is 2.29 bits per heavy atom. The van der Waals surface area contributed by atoms with E-state index in [0.29, 0.717) is 15.8 Å². The zero-order valence-electron chi connectivity index (χ0n) is 7.05. The zero-order chi connectivity index (χ0) is 10.6. The van der Waals surface area contributed by atoms with Crippen molar-refractivity contribution in [3.05, 3.63) is 17.5 Å². The Bertz CT molecular complexity index is 409. The molecule has 0 aromatic carbocycles. The van der Waals surface area contributed by atoms with Crippen molar-refractivity contribution < 1.29 is 8.42 Å². The highest BCUT2D eigenvalue weighted by atomic mass is 35.5. The second-order valence-electron chi connectivity index (χ2n) is 2.39. The summed E-state index contributed by atoms with van der Waals surface area (Å²) in [7, 11) is -3.41. The molecule has 14 heavy (non-hydrogen) atoms. The van der Waals surface area contributed by atoms with E-state index in [-0.39, 0.29) is 5.75 Å². The van der Waals surface area contributed by atoms with Crippen LogP contribution < -0.4 is 5.14 Å². The number of sulfonamides is 1. The van der Waals surface area contributed by atoms with Gasteiger partial charge in [-0.3, -0.25) is 0 Å². The van der Waals surface area contributed by atoms with Gasteiger partial charge in [0.25, 0.3) is 0 Å². The van der Waals surface area contributed by atoms with Crippen LogP contribution in [0.15, 0.2) is 17.6 Å². The first kappa shape index (κ1) is 11.7. The second-order valence-corrected chi connectivity index (χ2v) is 5.62. The molecule has 0 fully saturated rings. The maximum Gasteiger partial charge on any atom is 0.209 e.